The minimum Gasteiger partial charge on any atom is -0.467 e. The number of ether oxygens (including phenoxy) is 2. The second kappa shape index (κ2) is 10.3. The van der Waals surface area contributed by atoms with Crippen LogP contribution in [0.3, 0.4) is 0 Å². The average Bonchev–Trinajstić information content (AvgIpc) is 3.18. The zero-order chi connectivity index (χ0) is 21.3. The molecule has 0 bridgehead atoms. The molecule has 0 saturated carbocycles. The number of hydrogen-bond acceptors (Lipinski definition) is 5. The van der Waals surface area contributed by atoms with Crippen molar-refractivity contribution >= 4 is 18.1 Å². The molecular formula is C22H25N3O5. The third kappa shape index (κ3) is 5.73. The van der Waals surface area contributed by atoms with Gasteiger partial charge >= 0.3 is 18.1 Å². The largest absolute Gasteiger partial charge is 0.467 e. The Morgan fingerprint density at radius 3 is 2.57 bits per heavy atom. The Morgan fingerprint density at radius 2 is 1.80 bits per heavy atom. The van der Waals surface area contributed by atoms with Crippen molar-refractivity contribution in [3.63, 3.8) is 0 Å². The molecule has 2 atom stereocenters. The maximum atomic E-state index is 12.3. The third-order valence-electron chi connectivity index (χ3n) is 4.90. The molecule has 0 aromatic heterocycles. The Morgan fingerprint density at radius 1 is 1.07 bits per heavy atom. The monoisotopic (exact) mass is 411 g/mol. The van der Waals surface area contributed by atoms with Crippen molar-refractivity contribution in [3.8, 4) is 0 Å². The number of hydrogen-bond donors (Lipinski definition) is 3. The first-order valence-electron chi connectivity index (χ1n) is 9.74. The molecule has 158 valence electrons. The first-order chi connectivity index (χ1) is 14.6. The molecule has 8 heteroatoms. The first-order valence-corrected chi connectivity index (χ1v) is 9.74. The van der Waals surface area contributed by atoms with Crippen molar-refractivity contribution in [1.29, 1.82) is 0 Å². The fraction of sp³-hybridized carbons (Fsp3) is 0.318. The summed E-state index contributed by atoms with van der Waals surface area (Å²) in [7, 11) is 1.21. The summed E-state index contributed by atoms with van der Waals surface area (Å²) < 4.78 is 9.83. The van der Waals surface area contributed by atoms with E-state index in [1.165, 1.54) is 12.7 Å². The van der Waals surface area contributed by atoms with E-state index in [4.69, 9.17) is 9.47 Å². The van der Waals surface area contributed by atoms with Crippen molar-refractivity contribution in [2.45, 2.75) is 31.5 Å². The van der Waals surface area contributed by atoms with E-state index in [-0.39, 0.29) is 19.2 Å². The summed E-state index contributed by atoms with van der Waals surface area (Å²) in [4.78, 5) is 36.3. The highest BCUT2D eigenvalue weighted by atomic mass is 16.6. The normalized spacial score (nSPS) is 15.4. The molecular weight excluding hydrogens is 386 g/mol. The molecule has 0 radical (unpaired) electrons. The van der Waals surface area contributed by atoms with Crippen LogP contribution in [0, 0.1) is 0 Å². The van der Waals surface area contributed by atoms with Crippen molar-refractivity contribution in [2.75, 3.05) is 13.7 Å². The van der Waals surface area contributed by atoms with Crippen LogP contribution in [-0.2, 0) is 27.3 Å². The van der Waals surface area contributed by atoms with Crippen LogP contribution < -0.4 is 16.0 Å². The number of urea groups is 1. The van der Waals surface area contributed by atoms with E-state index in [0.29, 0.717) is 0 Å². The molecule has 1 aliphatic carbocycles. The van der Waals surface area contributed by atoms with Crippen LogP contribution in [0.2, 0.25) is 0 Å². The average molecular weight is 411 g/mol. The van der Waals surface area contributed by atoms with Gasteiger partial charge in [-0.3, -0.25) is 0 Å². The fourth-order valence-electron chi connectivity index (χ4n) is 3.35. The lowest BCUT2D eigenvalue weighted by atomic mass is 10.1. The minimum atomic E-state index is -1.07. The predicted molar refractivity (Wildman–Crippen MR) is 110 cm³/mol. The van der Waals surface area contributed by atoms with E-state index in [2.05, 4.69) is 16.0 Å². The first kappa shape index (κ1) is 21.2. The van der Waals surface area contributed by atoms with E-state index in [0.717, 1.165) is 24.0 Å². The number of amides is 3. The number of carbonyl (C=O) groups is 3. The van der Waals surface area contributed by atoms with Crippen LogP contribution in [0.1, 0.15) is 29.2 Å². The number of fused-ring (bicyclic) bond motifs is 1. The van der Waals surface area contributed by atoms with Gasteiger partial charge in [-0.25, -0.2) is 14.4 Å². The third-order valence-corrected chi connectivity index (χ3v) is 4.90. The molecule has 2 aromatic rings. The van der Waals surface area contributed by atoms with Crippen molar-refractivity contribution < 1.29 is 23.9 Å². The van der Waals surface area contributed by atoms with E-state index >= 15 is 0 Å². The van der Waals surface area contributed by atoms with Crippen LogP contribution in [-0.4, -0.2) is 37.8 Å². The van der Waals surface area contributed by atoms with Crippen molar-refractivity contribution in [3.05, 3.63) is 71.3 Å². The predicted octanol–water partition coefficient (Wildman–Crippen LogP) is 2.44. The Labute approximate surface area is 174 Å². The standard InChI is InChI=1S/C22H25N3O5/c1-29-20(26)19(25-22(28)30-14-15-7-3-2-4-8-15)13-23-21(27)24-18-12-11-16-9-5-6-10-17(16)18/h2-10,18-19H,11-14H2,1H3,(H,25,28)(H2,23,24,27)/t18-,19+/m1/s1. The molecule has 30 heavy (non-hydrogen) atoms. The minimum absolute atomic E-state index is 0.0650. The number of nitrogens with one attached hydrogen (secondary N) is 3. The summed E-state index contributed by atoms with van der Waals surface area (Å²) in [6, 6.07) is 15.5. The molecule has 8 nitrogen and oxygen atoms in total. The lowest BCUT2D eigenvalue weighted by molar-refractivity contribution is -0.142. The Hall–Kier alpha value is -3.55. The van der Waals surface area contributed by atoms with Gasteiger partial charge in [-0.05, 0) is 29.5 Å². The lowest BCUT2D eigenvalue weighted by Crippen LogP contribution is -2.51. The number of rotatable bonds is 7. The van der Waals surface area contributed by atoms with Gasteiger partial charge in [0, 0.05) is 0 Å². The number of aryl methyl sites for hydroxylation is 1. The van der Waals surface area contributed by atoms with Gasteiger partial charge in [-0.2, -0.15) is 0 Å². The number of esters is 1. The van der Waals surface area contributed by atoms with E-state index in [9.17, 15) is 14.4 Å². The lowest BCUT2D eigenvalue weighted by Gasteiger charge is -2.19. The fourth-order valence-corrected chi connectivity index (χ4v) is 3.35. The second-order valence-corrected chi connectivity index (χ2v) is 6.93. The zero-order valence-electron chi connectivity index (χ0n) is 16.7. The van der Waals surface area contributed by atoms with Gasteiger partial charge in [-0.1, -0.05) is 54.6 Å². The second-order valence-electron chi connectivity index (χ2n) is 6.93. The van der Waals surface area contributed by atoms with Gasteiger partial charge in [-0.15, -0.1) is 0 Å². The number of methoxy groups -OCH3 is 1. The van der Waals surface area contributed by atoms with E-state index in [1.54, 1.807) is 0 Å². The molecule has 0 saturated heterocycles. The molecule has 0 fully saturated rings. The molecule has 0 heterocycles. The molecule has 0 spiro atoms. The van der Waals surface area contributed by atoms with Crippen LogP contribution in [0.4, 0.5) is 9.59 Å². The van der Waals surface area contributed by atoms with Crippen LogP contribution in [0.25, 0.3) is 0 Å². The molecule has 0 unspecified atom stereocenters. The molecule has 2 aromatic carbocycles. The quantitative estimate of drug-likeness (QED) is 0.607. The summed E-state index contributed by atoms with van der Waals surface area (Å²) in [6.07, 6.45) is 0.944. The summed E-state index contributed by atoms with van der Waals surface area (Å²) in [5.74, 6) is -0.682. The van der Waals surface area contributed by atoms with E-state index in [1.807, 2.05) is 54.6 Å². The molecule has 3 amide bonds. The van der Waals surface area contributed by atoms with Gasteiger partial charge in [0.25, 0.3) is 0 Å². The van der Waals surface area contributed by atoms with Gasteiger partial charge in [0.15, 0.2) is 0 Å². The van der Waals surface area contributed by atoms with Crippen LogP contribution >= 0.6 is 0 Å². The van der Waals surface area contributed by atoms with Gasteiger partial charge in [0.2, 0.25) is 0 Å². The summed E-state index contributed by atoms with van der Waals surface area (Å²) in [5, 5.41) is 7.94. The topological polar surface area (TPSA) is 106 Å². The van der Waals surface area contributed by atoms with Crippen LogP contribution in [0.15, 0.2) is 54.6 Å². The number of benzene rings is 2. The zero-order valence-corrected chi connectivity index (χ0v) is 16.7. The van der Waals surface area contributed by atoms with Gasteiger partial charge in [0.05, 0.1) is 19.7 Å². The summed E-state index contributed by atoms with van der Waals surface area (Å²) in [5.41, 5.74) is 3.13. The molecule has 3 rings (SSSR count). The number of carbonyl (C=O) groups excluding carboxylic acids is 3. The highest BCUT2D eigenvalue weighted by Gasteiger charge is 2.26. The van der Waals surface area contributed by atoms with Gasteiger partial charge in [0.1, 0.15) is 12.6 Å². The van der Waals surface area contributed by atoms with Crippen LogP contribution in [0.5, 0.6) is 0 Å². The summed E-state index contributed by atoms with van der Waals surface area (Å²) in [6.45, 7) is -0.0666. The van der Waals surface area contributed by atoms with Gasteiger partial charge < -0.3 is 25.4 Å². The maximum Gasteiger partial charge on any atom is 0.408 e. The highest BCUT2D eigenvalue weighted by Crippen LogP contribution is 2.30. The Balaban J connectivity index is 1.48. The molecule has 3 N–H and O–H groups in total. The maximum absolute atomic E-state index is 12.3. The highest BCUT2D eigenvalue weighted by molar-refractivity contribution is 5.82. The summed E-state index contributed by atoms with van der Waals surface area (Å²) >= 11 is 0. The van der Waals surface area contributed by atoms with Crippen molar-refractivity contribution in [1.82, 2.24) is 16.0 Å². The van der Waals surface area contributed by atoms with E-state index < -0.39 is 24.1 Å². The number of alkyl carbamates (subject to hydrolysis) is 1. The molecule has 1 aliphatic rings. The molecule has 0 aliphatic heterocycles. The van der Waals surface area contributed by atoms with Crippen molar-refractivity contribution in [2.24, 2.45) is 0 Å². The SMILES string of the molecule is COC(=O)[C@H](CNC(=O)N[C@@H]1CCc2ccccc21)NC(=O)OCc1ccccc1. The smallest absolute Gasteiger partial charge is 0.408 e. The Bertz CT molecular complexity index is 887. The Kier molecular flexibility index (Phi) is 7.26.